The molecule has 0 bridgehead atoms. The summed E-state index contributed by atoms with van der Waals surface area (Å²) in [6.07, 6.45) is 5.27. The number of hydrogen-bond acceptors (Lipinski definition) is 3. The predicted molar refractivity (Wildman–Crippen MR) is 107 cm³/mol. The number of aromatic nitrogens is 2. The van der Waals surface area contributed by atoms with Crippen LogP contribution in [0.1, 0.15) is 27.7 Å². The van der Waals surface area contributed by atoms with Gasteiger partial charge in [-0.2, -0.15) is 5.10 Å². The normalized spacial score (nSPS) is 18.1. The van der Waals surface area contributed by atoms with Gasteiger partial charge in [0.2, 0.25) is 0 Å². The van der Waals surface area contributed by atoms with Crippen LogP contribution in [-0.4, -0.2) is 40.8 Å². The molecule has 2 aromatic heterocycles. The van der Waals surface area contributed by atoms with E-state index in [0.29, 0.717) is 5.92 Å². The van der Waals surface area contributed by atoms with Crippen LogP contribution in [0.4, 0.5) is 0 Å². The molecule has 2 aromatic rings. The van der Waals surface area contributed by atoms with Gasteiger partial charge in [-0.25, -0.2) is 0 Å². The largest absolute Gasteiger partial charge is 0.351 e. The number of aliphatic imine (C=N–C) groups is 1. The number of thiophene rings is 1. The number of likely N-dealkylation sites (tertiary alicyclic amines) is 1. The third-order valence-corrected chi connectivity index (χ3v) is 5.11. The van der Waals surface area contributed by atoms with Gasteiger partial charge in [0.1, 0.15) is 0 Å². The number of guanidine groups is 1. The summed E-state index contributed by atoms with van der Waals surface area (Å²) < 4.78 is 1.88. The van der Waals surface area contributed by atoms with Crippen LogP contribution < -0.4 is 5.32 Å². The zero-order valence-corrected chi connectivity index (χ0v) is 17.0. The van der Waals surface area contributed by atoms with Gasteiger partial charge in [-0.05, 0) is 31.0 Å². The van der Waals surface area contributed by atoms with Gasteiger partial charge in [-0.1, -0.05) is 0 Å². The lowest BCUT2D eigenvalue weighted by Gasteiger charge is -2.21. The maximum absolute atomic E-state index is 4.44. The lowest BCUT2D eigenvalue weighted by molar-refractivity contribution is 0.486. The van der Waals surface area contributed by atoms with Crippen LogP contribution in [0.25, 0.3) is 0 Å². The van der Waals surface area contributed by atoms with E-state index < -0.39 is 0 Å². The zero-order chi connectivity index (χ0) is 15.5. The molecule has 3 rings (SSSR count). The van der Waals surface area contributed by atoms with Crippen molar-refractivity contribution in [1.29, 1.82) is 0 Å². The quantitative estimate of drug-likeness (QED) is 0.449. The highest BCUT2D eigenvalue weighted by atomic mass is 127. The summed E-state index contributed by atoms with van der Waals surface area (Å²) >= 11 is 1.84. The van der Waals surface area contributed by atoms with Gasteiger partial charge in [0.25, 0.3) is 0 Å². The number of halogens is 1. The summed E-state index contributed by atoms with van der Waals surface area (Å²) in [6.45, 7) is 5.04. The summed E-state index contributed by atoms with van der Waals surface area (Å²) in [5, 5.41) is 7.77. The van der Waals surface area contributed by atoms with Crippen molar-refractivity contribution in [2.75, 3.05) is 20.1 Å². The van der Waals surface area contributed by atoms with E-state index in [2.05, 4.69) is 45.6 Å². The highest BCUT2D eigenvalue weighted by Gasteiger charge is 2.26. The Morgan fingerprint density at radius 2 is 2.30 bits per heavy atom. The first-order valence-electron chi connectivity index (χ1n) is 7.65. The maximum Gasteiger partial charge on any atom is 0.193 e. The molecule has 7 heteroatoms. The lowest BCUT2D eigenvalue weighted by atomic mass is 10.0. The van der Waals surface area contributed by atoms with E-state index in [9.17, 15) is 0 Å². The van der Waals surface area contributed by atoms with Gasteiger partial charge >= 0.3 is 0 Å². The summed E-state index contributed by atoms with van der Waals surface area (Å²) in [7, 11) is 3.83. The van der Waals surface area contributed by atoms with Crippen LogP contribution in [0.5, 0.6) is 0 Å². The fourth-order valence-electron chi connectivity index (χ4n) is 2.95. The molecule has 1 unspecified atom stereocenters. The third kappa shape index (κ3) is 4.47. The Labute approximate surface area is 158 Å². The Hall–Kier alpha value is -1.09. The molecule has 1 aliphatic heterocycles. The SMILES string of the molecule is CN=C(NCc1ccc(C)s1)N1CCC(c2cnn(C)c2)C1.I. The first-order chi connectivity index (χ1) is 10.7. The van der Waals surface area contributed by atoms with Crippen molar-refractivity contribution in [2.45, 2.75) is 25.8 Å². The molecule has 23 heavy (non-hydrogen) atoms. The molecule has 1 saturated heterocycles. The van der Waals surface area contributed by atoms with Gasteiger partial charge in [0.15, 0.2) is 5.96 Å². The standard InChI is InChI=1S/C16H23N5S.HI/c1-12-4-5-15(22-12)9-18-16(17-2)21-7-6-13(11-21)14-8-19-20(3)10-14;/h4-5,8,10,13H,6-7,9,11H2,1-3H3,(H,17,18);1H. The molecule has 0 radical (unpaired) electrons. The summed E-state index contributed by atoms with van der Waals surface area (Å²) in [6, 6.07) is 4.35. The second-order valence-corrected chi connectivity index (χ2v) is 7.16. The second-order valence-electron chi connectivity index (χ2n) is 5.79. The van der Waals surface area contributed by atoms with Gasteiger partial charge in [0, 0.05) is 49.1 Å². The molecule has 0 spiro atoms. The van der Waals surface area contributed by atoms with E-state index >= 15 is 0 Å². The van der Waals surface area contributed by atoms with Crippen LogP contribution in [0, 0.1) is 6.92 Å². The minimum Gasteiger partial charge on any atom is -0.351 e. The molecule has 0 saturated carbocycles. The van der Waals surface area contributed by atoms with Crippen LogP contribution in [0.15, 0.2) is 29.5 Å². The second kappa shape index (κ2) is 8.14. The number of hydrogen-bond donors (Lipinski definition) is 1. The first kappa shape index (κ1) is 18.3. The van der Waals surface area contributed by atoms with Gasteiger partial charge in [0.05, 0.1) is 12.7 Å². The van der Waals surface area contributed by atoms with E-state index in [1.165, 1.54) is 15.3 Å². The van der Waals surface area contributed by atoms with Crippen molar-refractivity contribution < 1.29 is 0 Å². The first-order valence-corrected chi connectivity index (χ1v) is 8.47. The molecule has 1 fully saturated rings. The molecule has 1 aliphatic rings. The van der Waals surface area contributed by atoms with Crippen LogP contribution in [0.2, 0.25) is 0 Å². The van der Waals surface area contributed by atoms with Gasteiger partial charge in [-0.15, -0.1) is 35.3 Å². The maximum atomic E-state index is 4.44. The minimum absolute atomic E-state index is 0. The summed E-state index contributed by atoms with van der Waals surface area (Å²) in [5.41, 5.74) is 1.33. The molecule has 0 amide bonds. The smallest absolute Gasteiger partial charge is 0.193 e. The van der Waals surface area contributed by atoms with E-state index in [-0.39, 0.29) is 24.0 Å². The van der Waals surface area contributed by atoms with E-state index in [0.717, 1.165) is 32.0 Å². The van der Waals surface area contributed by atoms with Crippen LogP contribution in [0.3, 0.4) is 0 Å². The molecule has 126 valence electrons. The molecule has 0 aliphatic carbocycles. The molecule has 3 heterocycles. The molecule has 5 nitrogen and oxygen atoms in total. The topological polar surface area (TPSA) is 45.5 Å². The molecular weight excluding hydrogens is 421 g/mol. The Balaban J connectivity index is 0.00000192. The molecule has 1 atom stereocenters. The van der Waals surface area contributed by atoms with E-state index in [1.54, 1.807) is 0 Å². The zero-order valence-electron chi connectivity index (χ0n) is 13.8. The molecule has 1 N–H and O–H groups in total. The average Bonchev–Trinajstić information content (AvgIpc) is 3.21. The monoisotopic (exact) mass is 445 g/mol. The van der Waals surface area contributed by atoms with Crippen LogP contribution >= 0.6 is 35.3 Å². The summed E-state index contributed by atoms with van der Waals surface area (Å²) in [5.74, 6) is 1.55. The Kier molecular flexibility index (Phi) is 6.46. The third-order valence-electron chi connectivity index (χ3n) is 4.11. The summed E-state index contributed by atoms with van der Waals surface area (Å²) in [4.78, 5) is 9.49. The average molecular weight is 445 g/mol. The Morgan fingerprint density at radius 1 is 1.48 bits per heavy atom. The van der Waals surface area contributed by atoms with Crippen molar-refractivity contribution in [2.24, 2.45) is 12.0 Å². The highest BCUT2D eigenvalue weighted by molar-refractivity contribution is 14.0. The number of nitrogens with one attached hydrogen (secondary N) is 1. The fourth-order valence-corrected chi connectivity index (χ4v) is 3.78. The highest BCUT2D eigenvalue weighted by Crippen LogP contribution is 2.26. The van der Waals surface area contributed by atoms with Gasteiger partial charge < -0.3 is 10.2 Å². The fraction of sp³-hybridized carbons (Fsp3) is 0.500. The molecular formula is C16H24IN5S. The Bertz CT molecular complexity index is 663. The number of nitrogens with zero attached hydrogens (tertiary/aromatic N) is 4. The predicted octanol–water partition coefficient (Wildman–Crippen LogP) is 2.97. The molecule has 0 aromatic carbocycles. The Morgan fingerprint density at radius 3 is 2.91 bits per heavy atom. The van der Waals surface area contributed by atoms with E-state index in [4.69, 9.17) is 0 Å². The van der Waals surface area contributed by atoms with Gasteiger partial charge in [-0.3, -0.25) is 9.67 Å². The minimum atomic E-state index is 0. The lowest BCUT2D eigenvalue weighted by Crippen LogP contribution is -2.39. The van der Waals surface area contributed by atoms with Crippen molar-refractivity contribution >= 4 is 41.3 Å². The van der Waals surface area contributed by atoms with Crippen molar-refractivity contribution in [3.63, 3.8) is 0 Å². The van der Waals surface area contributed by atoms with Crippen molar-refractivity contribution in [1.82, 2.24) is 20.0 Å². The van der Waals surface area contributed by atoms with Crippen LogP contribution in [-0.2, 0) is 13.6 Å². The number of aryl methyl sites for hydroxylation is 2. The van der Waals surface area contributed by atoms with Crippen molar-refractivity contribution in [3.05, 3.63) is 39.8 Å². The van der Waals surface area contributed by atoms with E-state index in [1.807, 2.05) is 36.3 Å². The van der Waals surface area contributed by atoms with Crippen molar-refractivity contribution in [3.8, 4) is 0 Å². The number of rotatable bonds is 3.